The fourth-order valence-corrected chi connectivity index (χ4v) is 5.17. The first kappa shape index (κ1) is 33.6. The third-order valence-electron chi connectivity index (χ3n) is 6.58. The number of anilines is 1. The minimum absolute atomic E-state index is 0.311. The number of benzene rings is 1. The summed E-state index contributed by atoms with van der Waals surface area (Å²) in [6.45, 7) is 8.62. The van der Waals surface area contributed by atoms with Crippen LogP contribution in [0.4, 0.5) is 16.4 Å². The van der Waals surface area contributed by atoms with E-state index in [1.165, 1.54) is 11.3 Å². The number of ether oxygens (including phenoxy) is 2. The molecule has 0 N–H and O–H groups in total. The summed E-state index contributed by atoms with van der Waals surface area (Å²) in [6, 6.07) is 13.0. The van der Waals surface area contributed by atoms with Gasteiger partial charge in [0.25, 0.3) is 0 Å². The van der Waals surface area contributed by atoms with E-state index in [9.17, 15) is 5.26 Å². The summed E-state index contributed by atoms with van der Waals surface area (Å²) in [5, 5.41) is 37.7. The minimum atomic E-state index is 0.311. The van der Waals surface area contributed by atoms with Crippen molar-refractivity contribution in [3.8, 4) is 29.0 Å². The number of azo groups is 1. The predicted molar refractivity (Wildman–Crippen MR) is 166 cm³/mol. The molecule has 1 aromatic heterocycles. The van der Waals surface area contributed by atoms with Crippen molar-refractivity contribution in [2.24, 2.45) is 16.1 Å². The molecule has 0 aliphatic heterocycles. The molecule has 2 rings (SSSR count). The Hall–Kier alpha value is -3.61. The third-order valence-corrected chi connectivity index (χ3v) is 7.60. The van der Waals surface area contributed by atoms with Crippen molar-refractivity contribution in [2.45, 2.75) is 91.4 Å². The SMILES string of the molecule is CCCCc1cc(N(CCCCCC#N)CCCCCC#N)ccc1N=Nc1sc(OC)c(OCC(C)C)c1C#N. The first-order chi connectivity index (χ1) is 20.0. The van der Waals surface area contributed by atoms with Crippen LogP contribution in [0, 0.1) is 39.9 Å². The second-order valence-corrected chi connectivity index (χ2v) is 11.4. The lowest BCUT2D eigenvalue weighted by molar-refractivity contribution is 0.259. The summed E-state index contributed by atoms with van der Waals surface area (Å²) in [5.74, 6) is 0.745. The number of hydrogen-bond acceptors (Lipinski definition) is 9. The van der Waals surface area contributed by atoms with Crippen LogP contribution in [0.25, 0.3) is 0 Å². The maximum atomic E-state index is 9.86. The zero-order valence-electron chi connectivity index (χ0n) is 25.1. The molecule has 9 heteroatoms. The normalized spacial score (nSPS) is 10.9. The third kappa shape index (κ3) is 11.4. The van der Waals surface area contributed by atoms with Gasteiger partial charge in [-0.3, -0.25) is 0 Å². The maximum absolute atomic E-state index is 9.86. The molecule has 0 fully saturated rings. The Morgan fingerprint density at radius 1 is 0.927 bits per heavy atom. The second-order valence-electron chi connectivity index (χ2n) is 10.5. The number of rotatable bonds is 20. The molecule has 0 aliphatic carbocycles. The summed E-state index contributed by atoms with van der Waals surface area (Å²) < 4.78 is 11.4. The van der Waals surface area contributed by atoms with Gasteiger partial charge in [0.2, 0.25) is 5.06 Å². The van der Waals surface area contributed by atoms with E-state index in [4.69, 9.17) is 20.0 Å². The van der Waals surface area contributed by atoms with Crippen LogP contribution in [0.3, 0.4) is 0 Å². The van der Waals surface area contributed by atoms with Crippen molar-refractivity contribution < 1.29 is 9.47 Å². The number of aryl methyl sites for hydroxylation is 1. The average Bonchev–Trinajstić information content (AvgIpc) is 3.33. The molecular formula is C32H44N6O2S. The molecule has 0 amide bonds. The van der Waals surface area contributed by atoms with Gasteiger partial charge in [-0.1, -0.05) is 51.4 Å². The molecule has 0 saturated heterocycles. The lowest BCUT2D eigenvalue weighted by atomic mass is 10.0. The van der Waals surface area contributed by atoms with Gasteiger partial charge < -0.3 is 14.4 Å². The topological polar surface area (TPSA) is 118 Å². The number of unbranched alkanes of at least 4 members (excludes halogenated alkanes) is 7. The van der Waals surface area contributed by atoms with Gasteiger partial charge >= 0.3 is 0 Å². The Labute approximate surface area is 250 Å². The van der Waals surface area contributed by atoms with Gasteiger partial charge in [0.05, 0.1) is 31.5 Å². The van der Waals surface area contributed by atoms with E-state index in [0.29, 0.717) is 46.7 Å². The van der Waals surface area contributed by atoms with Crippen molar-refractivity contribution in [1.29, 1.82) is 15.8 Å². The molecule has 41 heavy (non-hydrogen) atoms. The summed E-state index contributed by atoms with van der Waals surface area (Å²) in [5.41, 5.74) is 3.44. The molecule has 0 saturated carbocycles. The molecule has 0 bridgehead atoms. The molecule has 0 spiro atoms. The molecule has 0 radical (unpaired) electrons. The van der Waals surface area contributed by atoms with Crippen LogP contribution in [0.2, 0.25) is 0 Å². The van der Waals surface area contributed by atoms with Gasteiger partial charge in [-0.15, -0.1) is 10.2 Å². The Morgan fingerprint density at radius 2 is 1.61 bits per heavy atom. The number of hydrogen-bond donors (Lipinski definition) is 0. The van der Waals surface area contributed by atoms with Crippen LogP contribution in [0.1, 0.15) is 96.1 Å². The van der Waals surface area contributed by atoms with Crippen LogP contribution < -0.4 is 14.4 Å². The van der Waals surface area contributed by atoms with Crippen LogP contribution in [-0.2, 0) is 6.42 Å². The van der Waals surface area contributed by atoms with E-state index in [1.807, 2.05) is 6.07 Å². The highest BCUT2D eigenvalue weighted by Crippen LogP contribution is 2.47. The van der Waals surface area contributed by atoms with Crippen LogP contribution in [0.15, 0.2) is 28.4 Å². The van der Waals surface area contributed by atoms with Gasteiger partial charge in [0.15, 0.2) is 10.8 Å². The predicted octanol–water partition coefficient (Wildman–Crippen LogP) is 9.40. The highest BCUT2D eigenvalue weighted by atomic mass is 32.1. The van der Waals surface area contributed by atoms with Crippen LogP contribution >= 0.6 is 11.3 Å². The first-order valence-electron chi connectivity index (χ1n) is 14.8. The molecular weight excluding hydrogens is 532 g/mol. The Bertz CT molecular complexity index is 1190. The fourth-order valence-electron chi connectivity index (χ4n) is 4.34. The monoisotopic (exact) mass is 576 g/mol. The standard InChI is InChI=1S/C32H44N6O2S/c1-5-6-15-26-22-27(38(20-13-9-7-11-18-33)21-14-10-8-12-19-34)16-17-29(26)36-37-31-28(23-35)30(32(39-4)41-31)40-24-25(2)3/h16-17,22,25H,5-15,20-21,24H2,1-4H3. The van der Waals surface area contributed by atoms with Gasteiger partial charge in [-0.2, -0.15) is 15.8 Å². The van der Waals surface area contributed by atoms with Gasteiger partial charge in [-0.25, -0.2) is 0 Å². The zero-order valence-corrected chi connectivity index (χ0v) is 25.9. The molecule has 0 unspecified atom stereocenters. The van der Waals surface area contributed by atoms with Crippen molar-refractivity contribution in [3.05, 3.63) is 29.3 Å². The quantitative estimate of drug-likeness (QED) is 0.114. The Kier molecular flexibility index (Phi) is 15.9. The van der Waals surface area contributed by atoms with Gasteiger partial charge in [0, 0.05) is 31.6 Å². The largest absolute Gasteiger partial charge is 0.487 e. The molecule has 0 aliphatic rings. The maximum Gasteiger partial charge on any atom is 0.220 e. The fraction of sp³-hybridized carbons (Fsp3) is 0.594. The molecule has 0 atom stereocenters. The van der Waals surface area contributed by atoms with Crippen LogP contribution in [-0.4, -0.2) is 26.8 Å². The lowest BCUT2D eigenvalue weighted by Gasteiger charge is -2.26. The number of thiophene rings is 1. The Balaban J connectivity index is 2.32. The van der Waals surface area contributed by atoms with Gasteiger partial charge in [-0.05, 0) is 68.2 Å². The first-order valence-corrected chi connectivity index (χ1v) is 15.6. The summed E-state index contributed by atoms with van der Waals surface area (Å²) >= 11 is 1.26. The van der Waals surface area contributed by atoms with Crippen molar-refractivity contribution >= 4 is 27.7 Å². The number of nitriles is 3. The highest BCUT2D eigenvalue weighted by molar-refractivity contribution is 7.18. The lowest BCUT2D eigenvalue weighted by Crippen LogP contribution is -2.25. The number of nitrogens with zero attached hydrogens (tertiary/aromatic N) is 6. The van der Waals surface area contributed by atoms with Crippen LogP contribution in [0.5, 0.6) is 10.8 Å². The summed E-state index contributed by atoms with van der Waals surface area (Å²) in [7, 11) is 1.57. The van der Waals surface area contributed by atoms with E-state index in [0.717, 1.165) is 87.8 Å². The summed E-state index contributed by atoms with van der Waals surface area (Å²) in [6.07, 6.45) is 10.2. The van der Waals surface area contributed by atoms with Crippen molar-refractivity contribution in [2.75, 3.05) is 31.7 Å². The minimum Gasteiger partial charge on any atom is -0.487 e. The van der Waals surface area contributed by atoms with Crippen molar-refractivity contribution in [3.63, 3.8) is 0 Å². The van der Waals surface area contributed by atoms with Crippen molar-refractivity contribution in [1.82, 2.24) is 0 Å². The molecule has 1 aromatic carbocycles. The molecule has 8 nitrogen and oxygen atoms in total. The Morgan fingerprint density at radius 3 is 2.17 bits per heavy atom. The van der Waals surface area contributed by atoms with E-state index in [-0.39, 0.29) is 0 Å². The van der Waals surface area contributed by atoms with E-state index >= 15 is 0 Å². The van der Waals surface area contributed by atoms with E-state index in [2.05, 4.69) is 66.2 Å². The zero-order chi connectivity index (χ0) is 29.9. The van der Waals surface area contributed by atoms with E-state index in [1.54, 1.807) is 7.11 Å². The molecule has 220 valence electrons. The second kappa shape index (κ2) is 19.5. The molecule has 1 heterocycles. The smallest absolute Gasteiger partial charge is 0.220 e. The average molecular weight is 577 g/mol. The summed E-state index contributed by atoms with van der Waals surface area (Å²) in [4.78, 5) is 2.42. The van der Waals surface area contributed by atoms with E-state index < -0.39 is 0 Å². The molecule has 2 aromatic rings. The number of methoxy groups -OCH3 is 1. The van der Waals surface area contributed by atoms with Gasteiger partial charge in [0.1, 0.15) is 11.6 Å². The highest BCUT2D eigenvalue weighted by Gasteiger charge is 2.21.